The Balaban J connectivity index is 2.59. The van der Waals surface area contributed by atoms with Gasteiger partial charge in [0, 0.05) is 6.54 Å². The molecule has 4 nitrogen and oxygen atoms in total. The summed E-state index contributed by atoms with van der Waals surface area (Å²) < 4.78 is 0. The van der Waals surface area contributed by atoms with Gasteiger partial charge in [-0.25, -0.2) is 9.78 Å². The van der Waals surface area contributed by atoms with Crippen molar-refractivity contribution in [3.63, 3.8) is 0 Å². The number of rotatable bonds is 5. The molecule has 0 aliphatic heterocycles. The van der Waals surface area contributed by atoms with Crippen molar-refractivity contribution in [3.05, 3.63) is 29.6 Å². The van der Waals surface area contributed by atoms with Crippen molar-refractivity contribution in [1.29, 1.82) is 0 Å². The fraction of sp³-hybridized carbons (Fsp3) is 0.400. The molecular weight excluding hydrogens is 180 g/mol. The van der Waals surface area contributed by atoms with E-state index in [4.69, 9.17) is 5.11 Å². The van der Waals surface area contributed by atoms with Crippen LogP contribution in [0, 0.1) is 0 Å². The van der Waals surface area contributed by atoms with Crippen molar-refractivity contribution in [2.24, 2.45) is 0 Å². The lowest BCUT2D eigenvalue weighted by atomic mass is 10.3. The molecule has 0 atom stereocenters. The molecule has 1 aromatic rings. The third kappa shape index (κ3) is 3.14. The fourth-order valence-corrected chi connectivity index (χ4v) is 1.09. The van der Waals surface area contributed by atoms with E-state index in [0.717, 1.165) is 18.7 Å². The Morgan fingerprint density at radius 3 is 3.00 bits per heavy atom. The quantitative estimate of drug-likeness (QED) is 0.693. The Kier molecular flexibility index (Phi) is 4.07. The van der Waals surface area contributed by atoms with Gasteiger partial charge in [-0.3, -0.25) is 0 Å². The van der Waals surface area contributed by atoms with Crippen LogP contribution >= 0.6 is 0 Å². The zero-order chi connectivity index (χ0) is 10.4. The standard InChI is InChI=1S/C10H14N2O2/c1-2-6-11-7-8-4-3-5-9(12-8)10(13)14/h3-5,11H,2,6-7H2,1H3,(H,13,14). The van der Waals surface area contributed by atoms with Gasteiger partial charge in [0.2, 0.25) is 0 Å². The molecule has 0 fully saturated rings. The number of aromatic carboxylic acids is 1. The Bertz CT molecular complexity index is 313. The van der Waals surface area contributed by atoms with Crippen LogP contribution in [-0.4, -0.2) is 22.6 Å². The summed E-state index contributed by atoms with van der Waals surface area (Å²) in [6.07, 6.45) is 1.05. The number of nitrogens with zero attached hydrogens (tertiary/aromatic N) is 1. The minimum atomic E-state index is -0.984. The molecule has 2 N–H and O–H groups in total. The van der Waals surface area contributed by atoms with E-state index in [2.05, 4.69) is 17.2 Å². The van der Waals surface area contributed by atoms with Crippen LogP contribution in [0.4, 0.5) is 0 Å². The molecule has 0 aliphatic carbocycles. The van der Waals surface area contributed by atoms with E-state index in [-0.39, 0.29) is 5.69 Å². The number of carboxylic acid groups (broad SMARTS) is 1. The van der Waals surface area contributed by atoms with E-state index in [1.165, 1.54) is 6.07 Å². The van der Waals surface area contributed by atoms with Crippen molar-refractivity contribution in [1.82, 2.24) is 10.3 Å². The molecule has 0 spiro atoms. The van der Waals surface area contributed by atoms with Crippen LogP contribution in [0.3, 0.4) is 0 Å². The van der Waals surface area contributed by atoms with Crippen LogP contribution in [-0.2, 0) is 6.54 Å². The van der Waals surface area contributed by atoms with Crippen LogP contribution in [0.5, 0.6) is 0 Å². The lowest BCUT2D eigenvalue weighted by molar-refractivity contribution is 0.0690. The van der Waals surface area contributed by atoms with Crippen molar-refractivity contribution >= 4 is 5.97 Å². The second-order valence-electron chi connectivity index (χ2n) is 3.00. The molecule has 1 heterocycles. The molecule has 0 saturated carbocycles. The van der Waals surface area contributed by atoms with Crippen LogP contribution in [0.25, 0.3) is 0 Å². The van der Waals surface area contributed by atoms with E-state index in [1.54, 1.807) is 6.07 Å². The smallest absolute Gasteiger partial charge is 0.354 e. The number of nitrogens with one attached hydrogen (secondary N) is 1. The second-order valence-corrected chi connectivity index (χ2v) is 3.00. The molecule has 0 aliphatic rings. The summed E-state index contributed by atoms with van der Waals surface area (Å²) in [5, 5.41) is 11.9. The zero-order valence-electron chi connectivity index (χ0n) is 8.16. The van der Waals surface area contributed by atoms with Crippen LogP contribution < -0.4 is 5.32 Å². The van der Waals surface area contributed by atoms with E-state index in [9.17, 15) is 4.79 Å². The summed E-state index contributed by atoms with van der Waals surface area (Å²) in [5.74, 6) is -0.984. The number of carbonyl (C=O) groups is 1. The Morgan fingerprint density at radius 2 is 2.36 bits per heavy atom. The van der Waals surface area contributed by atoms with Crippen molar-refractivity contribution in [2.75, 3.05) is 6.54 Å². The molecule has 0 bridgehead atoms. The van der Waals surface area contributed by atoms with Gasteiger partial charge in [-0.2, -0.15) is 0 Å². The lowest BCUT2D eigenvalue weighted by Gasteiger charge is -2.02. The predicted octanol–water partition coefficient (Wildman–Crippen LogP) is 1.28. The fourth-order valence-electron chi connectivity index (χ4n) is 1.09. The molecule has 4 heteroatoms. The highest BCUT2D eigenvalue weighted by atomic mass is 16.4. The third-order valence-corrected chi connectivity index (χ3v) is 1.76. The average Bonchev–Trinajstić information content (AvgIpc) is 2.19. The number of pyridine rings is 1. The van der Waals surface area contributed by atoms with Gasteiger partial charge in [0.05, 0.1) is 5.69 Å². The van der Waals surface area contributed by atoms with Gasteiger partial charge >= 0.3 is 5.97 Å². The summed E-state index contributed by atoms with van der Waals surface area (Å²) in [6.45, 7) is 3.61. The highest BCUT2D eigenvalue weighted by Gasteiger charge is 2.03. The molecule has 1 aromatic heterocycles. The number of hydrogen-bond acceptors (Lipinski definition) is 3. The molecule has 14 heavy (non-hydrogen) atoms. The summed E-state index contributed by atoms with van der Waals surface area (Å²) in [4.78, 5) is 14.6. The number of hydrogen-bond donors (Lipinski definition) is 2. The minimum Gasteiger partial charge on any atom is -0.477 e. The minimum absolute atomic E-state index is 0.0980. The van der Waals surface area contributed by atoms with Crippen molar-refractivity contribution < 1.29 is 9.90 Å². The van der Waals surface area contributed by atoms with Gasteiger partial charge in [0.1, 0.15) is 5.69 Å². The number of aromatic nitrogens is 1. The maximum absolute atomic E-state index is 10.6. The summed E-state index contributed by atoms with van der Waals surface area (Å²) in [6, 6.07) is 5.01. The van der Waals surface area contributed by atoms with Gasteiger partial charge in [-0.1, -0.05) is 13.0 Å². The van der Waals surface area contributed by atoms with E-state index >= 15 is 0 Å². The van der Waals surface area contributed by atoms with E-state index in [1.807, 2.05) is 6.07 Å². The molecule has 0 saturated heterocycles. The van der Waals surface area contributed by atoms with E-state index in [0.29, 0.717) is 6.54 Å². The maximum Gasteiger partial charge on any atom is 0.354 e. The molecule has 1 rings (SSSR count). The first-order valence-electron chi connectivity index (χ1n) is 4.64. The molecular formula is C10H14N2O2. The first-order chi connectivity index (χ1) is 6.74. The predicted molar refractivity (Wildman–Crippen MR) is 53.2 cm³/mol. The molecule has 76 valence electrons. The van der Waals surface area contributed by atoms with Crippen LogP contribution in [0.1, 0.15) is 29.5 Å². The zero-order valence-corrected chi connectivity index (χ0v) is 8.16. The van der Waals surface area contributed by atoms with Gasteiger partial charge in [-0.05, 0) is 25.1 Å². The van der Waals surface area contributed by atoms with Gasteiger partial charge in [-0.15, -0.1) is 0 Å². The monoisotopic (exact) mass is 194 g/mol. The van der Waals surface area contributed by atoms with E-state index < -0.39 is 5.97 Å². The van der Waals surface area contributed by atoms with Crippen molar-refractivity contribution in [2.45, 2.75) is 19.9 Å². The first-order valence-corrected chi connectivity index (χ1v) is 4.64. The first kappa shape index (κ1) is 10.7. The third-order valence-electron chi connectivity index (χ3n) is 1.76. The summed E-state index contributed by atoms with van der Waals surface area (Å²) >= 11 is 0. The van der Waals surface area contributed by atoms with Crippen LogP contribution in [0.2, 0.25) is 0 Å². The molecule has 0 amide bonds. The van der Waals surface area contributed by atoms with Crippen molar-refractivity contribution in [3.8, 4) is 0 Å². The molecule has 0 unspecified atom stereocenters. The Morgan fingerprint density at radius 1 is 1.57 bits per heavy atom. The summed E-state index contributed by atoms with van der Waals surface area (Å²) in [7, 11) is 0. The maximum atomic E-state index is 10.6. The average molecular weight is 194 g/mol. The second kappa shape index (κ2) is 5.34. The Labute approximate surface area is 83.0 Å². The van der Waals surface area contributed by atoms with Gasteiger partial charge in [0.15, 0.2) is 0 Å². The van der Waals surface area contributed by atoms with Gasteiger partial charge in [0.25, 0.3) is 0 Å². The number of carboxylic acids is 1. The SMILES string of the molecule is CCCNCc1cccc(C(=O)O)n1. The molecule has 0 aromatic carbocycles. The Hall–Kier alpha value is -1.42. The van der Waals surface area contributed by atoms with Gasteiger partial charge < -0.3 is 10.4 Å². The lowest BCUT2D eigenvalue weighted by Crippen LogP contribution is -2.15. The highest BCUT2D eigenvalue weighted by molar-refractivity contribution is 5.85. The highest BCUT2D eigenvalue weighted by Crippen LogP contribution is 1.99. The largest absolute Gasteiger partial charge is 0.477 e. The normalized spacial score (nSPS) is 10.1. The summed E-state index contributed by atoms with van der Waals surface area (Å²) in [5.41, 5.74) is 0.860. The van der Waals surface area contributed by atoms with Crippen LogP contribution in [0.15, 0.2) is 18.2 Å². The molecule has 0 radical (unpaired) electrons. The topological polar surface area (TPSA) is 62.2 Å².